The van der Waals surface area contributed by atoms with Crippen molar-refractivity contribution in [1.82, 2.24) is 9.55 Å². The lowest BCUT2D eigenvalue weighted by Crippen LogP contribution is -2.26. The van der Waals surface area contributed by atoms with Gasteiger partial charge in [0.2, 0.25) is 0 Å². The molecule has 31 heavy (non-hydrogen) atoms. The Balaban J connectivity index is 1.65. The van der Waals surface area contributed by atoms with Crippen LogP contribution in [0.1, 0.15) is 84.5 Å². The summed E-state index contributed by atoms with van der Waals surface area (Å²) in [6, 6.07) is 9.65. The molecule has 1 saturated carbocycles. The van der Waals surface area contributed by atoms with Crippen LogP contribution in [0.5, 0.6) is 0 Å². The van der Waals surface area contributed by atoms with Gasteiger partial charge in [0.25, 0.3) is 0 Å². The van der Waals surface area contributed by atoms with Crippen LogP contribution < -0.4 is 0 Å². The minimum atomic E-state index is 0.290. The highest BCUT2D eigenvalue weighted by Crippen LogP contribution is 2.48. The van der Waals surface area contributed by atoms with Gasteiger partial charge in [-0.25, -0.2) is 4.98 Å². The highest BCUT2D eigenvalue weighted by Gasteiger charge is 2.36. The van der Waals surface area contributed by atoms with Gasteiger partial charge >= 0.3 is 0 Å². The maximum absolute atomic E-state index is 5.24. The molecule has 1 aliphatic heterocycles. The summed E-state index contributed by atoms with van der Waals surface area (Å²) in [6.07, 6.45) is 15.8. The Morgan fingerprint density at radius 2 is 1.55 bits per heavy atom. The van der Waals surface area contributed by atoms with Gasteiger partial charge in [-0.05, 0) is 85.0 Å². The molecule has 2 unspecified atom stereocenters. The van der Waals surface area contributed by atoms with E-state index in [0.717, 1.165) is 5.52 Å². The molecule has 0 bridgehead atoms. The molecule has 1 aromatic heterocycles. The second-order valence-electron chi connectivity index (χ2n) is 10.4. The molecule has 2 atom stereocenters. The number of aryl methyl sites for hydroxylation is 3. The Kier molecular flexibility index (Phi) is 4.12. The number of aromatic nitrogens is 2. The molecule has 158 valence electrons. The molecule has 3 aliphatic rings. The zero-order chi connectivity index (χ0) is 21.3. The van der Waals surface area contributed by atoms with E-state index in [1.807, 2.05) is 0 Å². The zero-order valence-corrected chi connectivity index (χ0v) is 19.2. The minimum absolute atomic E-state index is 0.290. The van der Waals surface area contributed by atoms with Gasteiger partial charge in [0.15, 0.2) is 0 Å². The van der Waals surface area contributed by atoms with Crippen molar-refractivity contribution in [2.75, 3.05) is 0 Å². The standard InChI is InChI=1S/C29H32N2/c1-18-14-23-21-10-6-7-11-22(21)28-30-25-15-20(3)24(29(4)12-8-5-9-13-29)17-27(25)31(28)26(23)16-19(18)2/h6-7,10-11,14-17,21-22H,5,8-9,12-13H2,1-4H3. The van der Waals surface area contributed by atoms with E-state index in [2.05, 4.69) is 80.8 Å². The van der Waals surface area contributed by atoms with Crippen LogP contribution in [0.3, 0.4) is 0 Å². The summed E-state index contributed by atoms with van der Waals surface area (Å²) in [5.41, 5.74) is 11.1. The van der Waals surface area contributed by atoms with Gasteiger partial charge < -0.3 is 0 Å². The second kappa shape index (κ2) is 6.69. The molecule has 0 spiro atoms. The SMILES string of the molecule is Cc1cc2c(cc1C)-n1c(nc3cc(C)c(C4(C)CCCCC4)cc31)C1C=CC=CC21. The van der Waals surface area contributed by atoms with Crippen molar-refractivity contribution in [2.24, 2.45) is 0 Å². The molecular weight excluding hydrogens is 376 g/mol. The third kappa shape index (κ3) is 2.73. The van der Waals surface area contributed by atoms with E-state index in [9.17, 15) is 0 Å². The van der Waals surface area contributed by atoms with E-state index >= 15 is 0 Å². The fraction of sp³-hybridized carbons (Fsp3) is 0.414. The van der Waals surface area contributed by atoms with Crippen LogP contribution in [0.4, 0.5) is 0 Å². The molecule has 2 aliphatic carbocycles. The quantitative estimate of drug-likeness (QED) is 0.408. The van der Waals surface area contributed by atoms with Crippen molar-refractivity contribution in [3.05, 3.63) is 82.2 Å². The molecule has 1 fully saturated rings. The largest absolute Gasteiger partial charge is 0.295 e. The zero-order valence-electron chi connectivity index (χ0n) is 19.2. The molecule has 2 heteroatoms. The third-order valence-electron chi connectivity index (χ3n) is 8.31. The Bertz CT molecular complexity index is 1260. The van der Waals surface area contributed by atoms with E-state index in [-0.39, 0.29) is 5.41 Å². The number of imidazole rings is 1. The van der Waals surface area contributed by atoms with E-state index in [4.69, 9.17) is 4.98 Å². The van der Waals surface area contributed by atoms with Gasteiger partial charge in [-0.15, -0.1) is 0 Å². The molecule has 6 rings (SSSR count). The van der Waals surface area contributed by atoms with Gasteiger partial charge in [-0.3, -0.25) is 4.57 Å². The molecule has 0 N–H and O–H groups in total. The van der Waals surface area contributed by atoms with Crippen LogP contribution in [0.25, 0.3) is 16.7 Å². The smallest absolute Gasteiger partial charge is 0.122 e. The molecule has 0 saturated heterocycles. The van der Waals surface area contributed by atoms with Crippen LogP contribution >= 0.6 is 0 Å². The van der Waals surface area contributed by atoms with E-state index in [1.54, 1.807) is 0 Å². The number of benzene rings is 2. The molecular formula is C29H32N2. The summed E-state index contributed by atoms with van der Waals surface area (Å²) in [7, 11) is 0. The predicted octanol–water partition coefficient (Wildman–Crippen LogP) is 7.48. The molecule has 0 amide bonds. The second-order valence-corrected chi connectivity index (χ2v) is 10.4. The number of hydrogen-bond acceptors (Lipinski definition) is 1. The summed E-state index contributed by atoms with van der Waals surface area (Å²) in [4.78, 5) is 5.24. The fourth-order valence-electron chi connectivity index (χ4n) is 6.41. The highest BCUT2D eigenvalue weighted by molar-refractivity contribution is 5.82. The van der Waals surface area contributed by atoms with Crippen LogP contribution in [-0.4, -0.2) is 9.55 Å². The Hall–Kier alpha value is -2.61. The van der Waals surface area contributed by atoms with Crippen molar-refractivity contribution in [3.63, 3.8) is 0 Å². The van der Waals surface area contributed by atoms with Crippen LogP contribution in [0.2, 0.25) is 0 Å². The summed E-state index contributed by atoms with van der Waals surface area (Å²) in [5.74, 6) is 1.88. The topological polar surface area (TPSA) is 17.8 Å². The average molecular weight is 409 g/mol. The monoisotopic (exact) mass is 408 g/mol. The van der Waals surface area contributed by atoms with E-state index < -0.39 is 0 Å². The fourth-order valence-corrected chi connectivity index (χ4v) is 6.41. The van der Waals surface area contributed by atoms with Gasteiger partial charge in [0.1, 0.15) is 5.82 Å². The highest BCUT2D eigenvalue weighted by atomic mass is 15.1. The lowest BCUT2D eigenvalue weighted by atomic mass is 9.69. The molecule has 2 nitrogen and oxygen atoms in total. The summed E-state index contributed by atoms with van der Waals surface area (Å²) >= 11 is 0. The minimum Gasteiger partial charge on any atom is -0.295 e. The Labute approximate surface area is 185 Å². The van der Waals surface area contributed by atoms with Crippen molar-refractivity contribution >= 4 is 11.0 Å². The normalized spacial score (nSPS) is 23.5. The molecule has 0 radical (unpaired) electrons. The average Bonchev–Trinajstić information content (AvgIpc) is 3.13. The molecule has 3 aromatic rings. The van der Waals surface area contributed by atoms with E-state index in [1.165, 1.54) is 76.9 Å². The lowest BCUT2D eigenvalue weighted by Gasteiger charge is -2.36. The number of fused-ring (bicyclic) bond motifs is 8. The predicted molar refractivity (Wildman–Crippen MR) is 129 cm³/mol. The lowest BCUT2D eigenvalue weighted by molar-refractivity contribution is 0.318. The number of rotatable bonds is 1. The number of hydrogen-bond donors (Lipinski definition) is 0. The Morgan fingerprint density at radius 3 is 2.32 bits per heavy atom. The summed E-state index contributed by atoms with van der Waals surface area (Å²) in [6.45, 7) is 9.25. The van der Waals surface area contributed by atoms with Crippen LogP contribution in [0, 0.1) is 20.8 Å². The van der Waals surface area contributed by atoms with Crippen molar-refractivity contribution in [3.8, 4) is 5.69 Å². The maximum Gasteiger partial charge on any atom is 0.122 e. The Morgan fingerprint density at radius 1 is 0.839 bits per heavy atom. The van der Waals surface area contributed by atoms with Gasteiger partial charge in [0.05, 0.1) is 16.7 Å². The van der Waals surface area contributed by atoms with Crippen molar-refractivity contribution in [2.45, 2.75) is 77.0 Å². The van der Waals surface area contributed by atoms with Crippen molar-refractivity contribution in [1.29, 1.82) is 0 Å². The summed E-state index contributed by atoms with van der Waals surface area (Å²) < 4.78 is 2.48. The first-order valence-electron chi connectivity index (χ1n) is 12.0. The molecule has 2 aromatic carbocycles. The summed E-state index contributed by atoms with van der Waals surface area (Å²) in [5, 5.41) is 0. The number of allylic oxidation sites excluding steroid dienone is 4. The van der Waals surface area contributed by atoms with Crippen LogP contribution in [-0.2, 0) is 5.41 Å². The first-order valence-corrected chi connectivity index (χ1v) is 12.0. The van der Waals surface area contributed by atoms with E-state index in [0.29, 0.717) is 11.8 Å². The first kappa shape index (κ1) is 19.1. The van der Waals surface area contributed by atoms with Gasteiger partial charge in [-0.2, -0.15) is 0 Å². The molecule has 2 heterocycles. The number of nitrogens with zero attached hydrogens (tertiary/aromatic N) is 2. The first-order chi connectivity index (χ1) is 15.0. The van der Waals surface area contributed by atoms with Crippen LogP contribution in [0.15, 0.2) is 48.6 Å². The maximum atomic E-state index is 5.24. The van der Waals surface area contributed by atoms with Gasteiger partial charge in [0, 0.05) is 11.8 Å². The van der Waals surface area contributed by atoms with Crippen molar-refractivity contribution < 1.29 is 0 Å². The van der Waals surface area contributed by atoms with Gasteiger partial charge in [-0.1, -0.05) is 56.6 Å². The third-order valence-corrected chi connectivity index (χ3v) is 8.31.